The second-order valence-electron chi connectivity index (χ2n) is 8.03. The van der Waals surface area contributed by atoms with Gasteiger partial charge in [-0.25, -0.2) is 4.39 Å². The van der Waals surface area contributed by atoms with E-state index < -0.39 is 0 Å². The minimum atomic E-state index is -0.254. The number of aromatic nitrogens is 2. The SMILES string of the molecule is COc1cc(OCCCN2CCC(c3[nH]nc4cc(F)ccc34)CC2)ccc1C(C)=O. The molecule has 7 heteroatoms. The molecule has 1 aliphatic rings. The van der Waals surface area contributed by atoms with Gasteiger partial charge < -0.3 is 14.4 Å². The third kappa shape index (κ3) is 4.88. The molecule has 0 spiro atoms. The number of nitrogens with zero attached hydrogens (tertiary/aromatic N) is 2. The lowest BCUT2D eigenvalue weighted by Crippen LogP contribution is -2.34. The van der Waals surface area contributed by atoms with Gasteiger partial charge in [-0.3, -0.25) is 9.89 Å². The number of fused-ring (bicyclic) bond motifs is 1. The Morgan fingerprint density at radius 3 is 2.77 bits per heavy atom. The van der Waals surface area contributed by atoms with Crippen LogP contribution in [0.5, 0.6) is 11.5 Å². The molecule has 0 radical (unpaired) electrons. The number of ketones is 1. The molecule has 0 bridgehead atoms. The number of Topliss-reactive ketones (excluding diaryl/α,β-unsaturated/α-hetero) is 1. The highest BCUT2D eigenvalue weighted by molar-refractivity contribution is 5.97. The summed E-state index contributed by atoms with van der Waals surface area (Å²) in [4.78, 5) is 14.1. The van der Waals surface area contributed by atoms with Crippen LogP contribution in [0.2, 0.25) is 0 Å². The van der Waals surface area contributed by atoms with E-state index in [0.29, 0.717) is 35.1 Å². The van der Waals surface area contributed by atoms with E-state index in [0.717, 1.165) is 50.0 Å². The quantitative estimate of drug-likeness (QED) is 0.423. The van der Waals surface area contributed by atoms with E-state index in [4.69, 9.17) is 9.47 Å². The van der Waals surface area contributed by atoms with Gasteiger partial charge in [-0.05, 0) is 63.5 Å². The lowest BCUT2D eigenvalue weighted by atomic mass is 9.91. The van der Waals surface area contributed by atoms with Crippen LogP contribution in [-0.2, 0) is 0 Å². The fraction of sp³-hybridized carbons (Fsp3) is 0.417. The van der Waals surface area contributed by atoms with Gasteiger partial charge in [0.05, 0.1) is 24.8 Å². The summed E-state index contributed by atoms with van der Waals surface area (Å²) in [5, 5.41) is 8.42. The van der Waals surface area contributed by atoms with Gasteiger partial charge in [0.25, 0.3) is 0 Å². The van der Waals surface area contributed by atoms with Gasteiger partial charge in [-0.15, -0.1) is 0 Å². The highest BCUT2D eigenvalue weighted by Gasteiger charge is 2.23. The molecule has 1 N–H and O–H groups in total. The van der Waals surface area contributed by atoms with Gasteiger partial charge in [0.1, 0.15) is 17.3 Å². The number of hydrogen-bond donors (Lipinski definition) is 1. The van der Waals surface area contributed by atoms with Crippen LogP contribution >= 0.6 is 0 Å². The standard InChI is InChI=1S/C24H28FN3O3/c1-16(29)20-7-5-19(15-23(20)30-2)31-13-3-10-28-11-8-17(9-12-28)24-21-6-4-18(25)14-22(21)26-27-24/h4-7,14-15,17H,3,8-13H2,1-2H3,(H,26,27). The van der Waals surface area contributed by atoms with E-state index in [1.807, 2.05) is 12.1 Å². The number of halogens is 1. The Hall–Kier alpha value is -2.93. The topological polar surface area (TPSA) is 67.5 Å². The predicted octanol–water partition coefficient (Wildman–Crippen LogP) is 4.56. The molecular formula is C24H28FN3O3. The zero-order valence-electron chi connectivity index (χ0n) is 18.0. The van der Waals surface area contributed by atoms with Crippen molar-refractivity contribution in [1.82, 2.24) is 15.1 Å². The van der Waals surface area contributed by atoms with E-state index in [2.05, 4.69) is 15.1 Å². The molecule has 1 fully saturated rings. The summed E-state index contributed by atoms with van der Waals surface area (Å²) < 4.78 is 24.5. The Balaban J connectivity index is 1.23. The molecule has 1 aromatic heterocycles. The predicted molar refractivity (Wildman–Crippen MR) is 118 cm³/mol. The van der Waals surface area contributed by atoms with E-state index in [1.165, 1.54) is 19.1 Å². The third-order valence-corrected chi connectivity index (χ3v) is 5.98. The van der Waals surface area contributed by atoms with Crippen LogP contribution in [0, 0.1) is 5.82 Å². The average Bonchev–Trinajstić information content (AvgIpc) is 3.19. The van der Waals surface area contributed by atoms with E-state index in [9.17, 15) is 9.18 Å². The lowest BCUT2D eigenvalue weighted by Gasteiger charge is -2.31. The summed E-state index contributed by atoms with van der Waals surface area (Å²) in [6.45, 7) is 5.15. The van der Waals surface area contributed by atoms with Crippen LogP contribution in [0.4, 0.5) is 4.39 Å². The van der Waals surface area contributed by atoms with Gasteiger partial charge in [0.15, 0.2) is 5.78 Å². The zero-order chi connectivity index (χ0) is 21.8. The summed E-state index contributed by atoms with van der Waals surface area (Å²) >= 11 is 0. The summed E-state index contributed by atoms with van der Waals surface area (Å²) in [7, 11) is 1.56. The minimum Gasteiger partial charge on any atom is -0.496 e. The van der Waals surface area contributed by atoms with E-state index in [1.54, 1.807) is 19.2 Å². The van der Waals surface area contributed by atoms with Crippen molar-refractivity contribution in [1.29, 1.82) is 0 Å². The molecule has 2 aromatic carbocycles. The maximum Gasteiger partial charge on any atom is 0.163 e. The van der Waals surface area contributed by atoms with Crippen molar-refractivity contribution in [3.8, 4) is 11.5 Å². The van der Waals surface area contributed by atoms with Crippen molar-refractivity contribution < 1.29 is 18.7 Å². The molecule has 0 unspecified atom stereocenters. The molecule has 2 heterocycles. The van der Waals surface area contributed by atoms with Crippen LogP contribution in [0.15, 0.2) is 36.4 Å². The van der Waals surface area contributed by atoms with Gasteiger partial charge in [0, 0.05) is 35.7 Å². The van der Waals surface area contributed by atoms with Crippen molar-refractivity contribution in [2.24, 2.45) is 0 Å². The zero-order valence-corrected chi connectivity index (χ0v) is 18.0. The molecule has 6 nitrogen and oxygen atoms in total. The summed E-state index contributed by atoms with van der Waals surface area (Å²) in [6, 6.07) is 10.1. The van der Waals surface area contributed by atoms with Crippen molar-refractivity contribution in [2.45, 2.75) is 32.1 Å². The molecule has 1 aliphatic heterocycles. The highest BCUT2D eigenvalue weighted by Crippen LogP contribution is 2.32. The number of benzene rings is 2. The number of piperidine rings is 1. The monoisotopic (exact) mass is 425 g/mol. The number of aromatic amines is 1. The number of nitrogens with one attached hydrogen (secondary N) is 1. The number of carbonyl (C=O) groups is 1. The Morgan fingerprint density at radius 1 is 1.23 bits per heavy atom. The largest absolute Gasteiger partial charge is 0.496 e. The summed E-state index contributed by atoms with van der Waals surface area (Å²) in [5.41, 5.74) is 2.39. The lowest BCUT2D eigenvalue weighted by molar-refractivity contribution is 0.101. The van der Waals surface area contributed by atoms with Gasteiger partial charge in [-0.1, -0.05) is 0 Å². The van der Waals surface area contributed by atoms with Crippen LogP contribution in [0.3, 0.4) is 0 Å². The number of likely N-dealkylation sites (tertiary alicyclic amines) is 1. The number of rotatable bonds is 8. The third-order valence-electron chi connectivity index (χ3n) is 5.98. The molecule has 0 amide bonds. The number of hydrogen-bond acceptors (Lipinski definition) is 5. The summed E-state index contributed by atoms with van der Waals surface area (Å²) in [5.74, 6) is 1.40. The molecule has 1 saturated heterocycles. The molecule has 31 heavy (non-hydrogen) atoms. The Bertz CT molecular complexity index is 1060. The summed E-state index contributed by atoms with van der Waals surface area (Å²) in [6.07, 6.45) is 3.03. The number of ether oxygens (including phenoxy) is 2. The fourth-order valence-corrected chi connectivity index (χ4v) is 4.29. The van der Waals surface area contributed by atoms with Crippen LogP contribution < -0.4 is 9.47 Å². The molecule has 4 rings (SSSR count). The molecule has 0 saturated carbocycles. The first-order valence-electron chi connectivity index (χ1n) is 10.7. The highest BCUT2D eigenvalue weighted by atomic mass is 19.1. The Kier molecular flexibility index (Phi) is 6.51. The van der Waals surface area contributed by atoms with Crippen LogP contribution in [0.1, 0.15) is 48.2 Å². The first-order chi connectivity index (χ1) is 15.0. The fourth-order valence-electron chi connectivity index (χ4n) is 4.29. The molecule has 164 valence electrons. The second kappa shape index (κ2) is 9.47. The van der Waals surface area contributed by atoms with E-state index >= 15 is 0 Å². The second-order valence-corrected chi connectivity index (χ2v) is 8.03. The maximum absolute atomic E-state index is 13.4. The van der Waals surface area contributed by atoms with Crippen LogP contribution in [-0.4, -0.2) is 54.2 Å². The van der Waals surface area contributed by atoms with Crippen molar-refractivity contribution >= 4 is 16.7 Å². The van der Waals surface area contributed by atoms with E-state index in [-0.39, 0.29) is 11.6 Å². The minimum absolute atomic E-state index is 0.0258. The van der Waals surface area contributed by atoms with Crippen molar-refractivity contribution in [3.63, 3.8) is 0 Å². The number of methoxy groups -OCH3 is 1. The molecule has 0 aliphatic carbocycles. The van der Waals surface area contributed by atoms with Crippen molar-refractivity contribution in [2.75, 3.05) is 33.4 Å². The average molecular weight is 426 g/mol. The van der Waals surface area contributed by atoms with Gasteiger partial charge >= 0.3 is 0 Å². The molecule has 3 aromatic rings. The first-order valence-corrected chi connectivity index (χ1v) is 10.7. The number of H-pyrrole nitrogens is 1. The maximum atomic E-state index is 13.4. The molecule has 0 atom stereocenters. The molecular weight excluding hydrogens is 397 g/mol. The van der Waals surface area contributed by atoms with Crippen LogP contribution in [0.25, 0.3) is 10.9 Å². The Labute approximate surface area is 181 Å². The van der Waals surface area contributed by atoms with Gasteiger partial charge in [-0.2, -0.15) is 5.10 Å². The smallest absolute Gasteiger partial charge is 0.163 e. The van der Waals surface area contributed by atoms with Gasteiger partial charge in [0.2, 0.25) is 0 Å². The Morgan fingerprint density at radius 2 is 2.03 bits per heavy atom. The first kappa shape index (κ1) is 21.3. The normalized spacial score (nSPS) is 15.3. The number of carbonyl (C=O) groups excluding carboxylic acids is 1. The van der Waals surface area contributed by atoms with Crippen molar-refractivity contribution in [3.05, 3.63) is 53.5 Å².